The molecule has 0 fully saturated rings. The number of halogens is 3. The topological polar surface area (TPSA) is 59.9 Å². The maximum Gasteiger partial charge on any atom is 0.387 e. The van der Waals surface area contributed by atoms with Crippen LogP contribution >= 0.6 is 11.6 Å². The van der Waals surface area contributed by atoms with Gasteiger partial charge in [-0.2, -0.15) is 13.9 Å². The lowest BCUT2D eigenvalue weighted by atomic mass is 10.2. The standard InChI is InChI=1S/C11H11ClF2N2O3/c1-6(17)16-15-5-7-3-8(12)10(19-11(13)14)9(4-7)18-2/h3-5,11H,1-2H3,(H,16,17)/b15-5-. The van der Waals surface area contributed by atoms with Gasteiger partial charge in [0.15, 0.2) is 11.5 Å². The van der Waals surface area contributed by atoms with Crippen LogP contribution in [0.15, 0.2) is 17.2 Å². The van der Waals surface area contributed by atoms with Crippen molar-refractivity contribution in [3.63, 3.8) is 0 Å². The Morgan fingerprint density at radius 3 is 2.74 bits per heavy atom. The number of carbonyl (C=O) groups excluding carboxylic acids is 1. The zero-order valence-corrected chi connectivity index (χ0v) is 10.9. The molecule has 0 heterocycles. The van der Waals surface area contributed by atoms with Crippen LogP contribution in [0, 0.1) is 0 Å². The molecule has 0 atom stereocenters. The number of hydrogen-bond acceptors (Lipinski definition) is 4. The molecule has 0 aliphatic rings. The lowest BCUT2D eigenvalue weighted by molar-refractivity contribution is -0.118. The molecule has 0 aromatic heterocycles. The third-order valence-corrected chi connectivity index (χ3v) is 2.18. The van der Waals surface area contributed by atoms with Gasteiger partial charge in [-0.3, -0.25) is 4.79 Å². The van der Waals surface area contributed by atoms with Crippen molar-refractivity contribution in [3.8, 4) is 11.5 Å². The SMILES string of the molecule is COc1cc(/C=N\NC(C)=O)cc(Cl)c1OC(F)F. The molecule has 19 heavy (non-hydrogen) atoms. The maximum absolute atomic E-state index is 12.2. The molecule has 0 aliphatic heterocycles. The van der Waals surface area contributed by atoms with E-state index >= 15 is 0 Å². The van der Waals surface area contributed by atoms with E-state index in [-0.39, 0.29) is 22.4 Å². The first kappa shape index (κ1) is 15.2. The molecule has 0 saturated carbocycles. The van der Waals surface area contributed by atoms with Gasteiger partial charge in [-0.15, -0.1) is 0 Å². The van der Waals surface area contributed by atoms with E-state index in [2.05, 4.69) is 15.3 Å². The molecular weight excluding hydrogens is 282 g/mol. The van der Waals surface area contributed by atoms with Gasteiger partial charge in [0.1, 0.15) is 0 Å². The Hall–Kier alpha value is -1.89. The van der Waals surface area contributed by atoms with Crippen molar-refractivity contribution in [1.29, 1.82) is 0 Å². The third-order valence-electron chi connectivity index (χ3n) is 1.89. The monoisotopic (exact) mass is 292 g/mol. The molecular formula is C11H11ClF2N2O3. The van der Waals surface area contributed by atoms with Crippen molar-refractivity contribution >= 4 is 23.7 Å². The number of alkyl halides is 2. The van der Waals surface area contributed by atoms with Gasteiger partial charge < -0.3 is 9.47 Å². The van der Waals surface area contributed by atoms with Crippen molar-refractivity contribution in [2.45, 2.75) is 13.5 Å². The average molecular weight is 293 g/mol. The molecule has 1 amide bonds. The second kappa shape index (κ2) is 6.89. The van der Waals surface area contributed by atoms with Gasteiger partial charge in [0.25, 0.3) is 0 Å². The lowest BCUT2D eigenvalue weighted by Crippen LogP contribution is -2.12. The Kier molecular flexibility index (Phi) is 5.50. The van der Waals surface area contributed by atoms with E-state index in [9.17, 15) is 13.6 Å². The van der Waals surface area contributed by atoms with E-state index in [1.54, 1.807) is 0 Å². The highest BCUT2D eigenvalue weighted by Gasteiger charge is 2.15. The van der Waals surface area contributed by atoms with Crippen LogP contribution in [0.5, 0.6) is 11.5 Å². The molecule has 8 heteroatoms. The summed E-state index contributed by atoms with van der Waals surface area (Å²) in [6, 6.07) is 2.75. The minimum absolute atomic E-state index is 0.0390. The summed E-state index contributed by atoms with van der Waals surface area (Å²) in [5.41, 5.74) is 2.65. The molecule has 1 aromatic carbocycles. The van der Waals surface area contributed by atoms with E-state index in [1.165, 1.54) is 32.4 Å². The van der Waals surface area contributed by atoms with Gasteiger partial charge in [0.05, 0.1) is 18.3 Å². The Morgan fingerprint density at radius 1 is 1.53 bits per heavy atom. The Balaban J connectivity index is 3.01. The average Bonchev–Trinajstić information content (AvgIpc) is 2.31. The van der Waals surface area contributed by atoms with Crippen LogP contribution in [-0.2, 0) is 4.79 Å². The molecule has 0 aliphatic carbocycles. The number of hydrogen-bond donors (Lipinski definition) is 1. The van der Waals surface area contributed by atoms with Crippen LogP contribution in [0.4, 0.5) is 8.78 Å². The number of ether oxygens (including phenoxy) is 2. The quantitative estimate of drug-likeness (QED) is 0.670. The summed E-state index contributed by atoms with van der Waals surface area (Å²) in [5.74, 6) is -0.556. The highest BCUT2D eigenvalue weighted by atomic mass is 35.5. The summed E-state index contributed by atoms with van der Waals surface area (Å²) in [4.78, 5) is 10.6. The zero-order valence-electron chi connectivity index (χ0n) is 10.1. The molecule has 5 nitrogen and oxygen atoms in total. The van der Waals surface area contributed by atoms with Gasteiger partial charge in [0.2, 0.25) is 5.91 Å². The zero-order chi connectivity index (χ0) is 14.4. The van der Waals surface area contributed by atoms with Crippen molar-refractivity contribution in [2.24, 2.45) is 5.10 Å². The highest BCUT2D eigenvalue weighted by Crippen LogP contribution is 2.36. The number of hydrazone groups is 1. The molecule has 0 saturated heterocycles. The van der Waals surface area contributed by atoms with Crippen LogP contribution in [0.25, 0.3) is 0 Å². The number of carbonyl (C=O) groups is 1. The van der Waals surface area contributed by atoms with E-state index in [0.717, 1.165) is 0 Å². The molecule has 0 unspecified atom stereocenters. The van der Waals surface area contributed by atoms with E-state index in [0.29, 0.717) is 5.56 Å². The van der Waals surface area contributed by atoms with Crippen LogP contribution in [0.3, 0.4) is 0 Å². The lowest BCUT2D eigenvalue weighted by Gasteiger charge is -2.12. The van der Waals surface area contributed by atoms with Gasteiger partial charge in [-0.1, -0.05) is 11.6 Å². The first-order chi connectivity index (χ1) is 8.93. The summed E-state index contributed by atoms with van der Waals surface area (Å²) in [6.45, 7) is -1.71. The van der Waals surface area contributed by atoms with Gasteiger partial charge in [-0.25, -0.2) is 5.43 Å². The summed E-state index contributed by atoms with van der Waals surface area (Å²) < 4.78 is 33.6. The molecule has 0 bridgehead atoms. The number of benzene rings is 1. The fraction of sp³-hybridized carbons (Fsp3) is 0.273. The first-order valence-electron chi connectivity index (χ1n) is 5.06. The number of nitrogens with zero attached hydrogens (tertiary/aromatic N) is 1. The predicted molar refractivity (Wildman–Crippen MR) is 66.0 cm³/mol. The first-order valence-corrected chi connectivity index (χ1v) is 5.43. The largest absolute Gasteiger partial charge is 0.493 e. The highest BCUT2D eigenvalue weighted by molar-refractivity contribution is 6.32. The number of rotatable bonds is 5. The molecule has 0 spiro atoms. The minimum atomic E-state index is -3.01. The summed E-state index contributed by atoms with van der Waals surface area (Å²) in [5, 5.41) is 3.57. The molecule has 104 valence electrons. The van der Waals surface area contributed by atoms with Crippen LogP contribution in [0.2, 0.25) is 5.02 Å². The van der Waals surface area contributed by atoms with Crippen LogP contribution in [0.1, 0.15) is 12.5 Å². The van der Waals surface area contributed by atoms with Crippen LogP contribution in [-0.4, -0.2) is 25.8 Å². The molecule has 1 N–H and O–H groups in total. The Morgan fingerprint density at radius 2 is 2.21 bits per heavy atom. The van der Waals surface area contributed by atoms with E-state index in [4.69, 9.17) is 16.3 Å². The summed E-state index contributed by atoms with van der Waals surface area (Å²) >= 11 is 5.81. The summed E-state index contributed by atoms with van der Waals surface area (Å²) in [7, 11) is 1.29. The van der Waals surface area contributed by atoms with Gasteiger partial charge >= 0.3 is 6.61 Å². The fourth-order valence-corrected chi connectivity index (χ4v) is 1.48. The number of amides is 1. The molecule has 1 rings (SSSR count). The predicted octanol–water partition coefficient (Wildman–Crippen LogP) is 2.42. The third kappa shape index (κ3) is 4.70. The smallest absolute Gasteiger partial charge is 0.387 e. The molecule has 1 aromatic rings. The Labute approximate surface area is 113 Å². The maximum atomic E-state index is 12.2. The Bertz CT molecular complexity index is 495. The van der Waals surface area contributed by atoms with Crippen molar-refractivity contribution in [1.82, 2.24) is 5.43 Å². The summed E-state index contributed by atoms with van der Waals surface area (Å²) in [6.07, 6.45) is 1.29. The molecule has 0 radical (unpaired) electrons. The van der Waals surface area contributed by atoms with E-state index < -0.39 is 6.61 Å². The second-order valence-corrected chi connectivity index (χ2v) is 3.75. The minimum Gasteiger partial charge on any atom is -0.493 e. The van der Waals surface area contributed by atoms with Crippen molar-refractivity contribution in [2.75, 3.05) is 7.11 Å². The second-order valence-electron chi connectivity index (χ2n) is 3.34. The number of methoxy groups -OCH3 is 1. The van der Waals surface area contributed by atoms with Crippen molar-refractivity contribution < 1.29 is 23.0 Å². The fourth-order valence-electron chi connectivity index (χ4n) is 1.22. The van der Waals surface area contributed by atoms with Gasteiger partial charge in [-0.05, 0) is 17.7 Å². The van der Waals surface area contributed by atoms with Crippen LogP contribution < -0.4 is 14.9 Å². The van der Waals surface area contributed by atoms with Crippen molar-refractivity contribution in [3.05, 3.63) is 22.7 Å². The number of nitrogens with one attached hydrogen (secondary N) is 1. The van der Waals surface area contributed by atoms with Gasteiger partial charge in [0, 0.05) is 6.92 Å². The normalized spacial score (nSPS) is 10.8. The van der Waals surface area contributed by atoms with E-state index in [1.807, 2.05) is 0 Å².